The van der Waals surface area contributed by atoms with Crippen molar-refractivity contribution >= 4 is 5.97 Å². The second kappa shape index (κ2) is 5.14. The second-order valence-electron chi connectivity index (χ2n) is 4.81. The van der Waals surface area contributed by atoms with Crippen molar-refractivity contribution in [1.82, 2.24) is 0 Å². The van der Waals surface area contributed by atoms with Crippen LogP contribution in [0.2, 0.25) is 0 Å². The Morgan fingerprint density at radius 1 is 1.00 bits per heavy atom. The van der Waals surface area contributed by atoms with Crippen molar-refractivity contribution in [3.8, 4) is 5.75 Å². The molecule has 1 N–H and O–H groups in total. The molecule has 19 heavy (non-hydrogen) atoms. The van der Waals surface area contributed by atoms with Gasteiger partial charge in [0.1, 0.15) is 11.4 Å². The van der Waals surface area contributed by atoms with Gasteiger partial charge >= 0.3 is 5.97 Å². The van der Waals surface area contributed by atoms with Crippen molar-refractivity contribution in [3.63, 3.8) is 0 Å². The summed E-state index contributed by atoms with van der Waals surface area (Å²) in [7, 11) is 0. The third-order valence-corrected chi connectivity index (χ3v) is 2.94. The molecule has 0 aliphatic heterocycles. The van der Waals surface area contributed by atoms with E-state index < -0.39 is 11.6 Å². The summed E-state index contributed by atoms with van der Waals surface area (Å²) in [5, 5.41) is 8.85. The molecule has 0 amide bonds. The van der Waals surface area contributed by atoms with E-state index >= 15 is 0 Å². The highest BCUT2D eigenvalue weighted by Crippen LogP contribution is 2.27. The normalized spacial score (nSPS) is 11.1. The van der Waals surface area contributed by atoms with Gasteiger partial charge in [-0.2, -0.15) is 0 Å². The zero-order valence-corrected chi connectivity index (χ0v) is 11.0. The van der Waals surface area contributed by atoms with Gasteiger partial charge < -0.3 is 9.84 Å². The van der Waals surface area contributed by atoms with Gasteiger partial charge in [-0.1, -0.05) is 30.3 Å². The van der Waals surface area contributed by atoms with Crippen molar-refractivity contribution in [3.05, 3.63) is 65.7 Å². The van der Waals surface area contributed by atoms with E-state index in [1.54, 1.807) is 24.3 Å². The maximum Gasteiger partial charge on any atom is 0.335 e. The van der Waals surface area contributed by atoms with Gasteiger partial charge in [-0.05, 0) is 43.7 Å². The van der Waals surface area contributed by atoms with E-state index in [9.17, 15) is 4.79 Å². The number of ether oxygens (including phenoxy) is 1. The van der Waals surface area contributed by atoms with E-state index in [2.05, 4.69) is 0 Å². The number of carboxylic acid groups (broad SMARTS) is 1. The van der Waals surface area contributed by atoms with Crippen LogP contribution in [0.15, 0.2) is 54.6 Å². The Morgan fingerprint density at radius 2 is 1.58 bits per heavy atom. The monoisotopic (exact) mass is 256 g/mol. The van der Waals surface area contributed by atoms with Crippen LogP contribution in [-0.4, -0.2) is 11.1 Å². The Balaban J connectivity index is 2.18. The molecule has 2 aromatic carbocycles. The number of benzene rings is 2. The largest absolute Gasteiger partial charge is 0.483 e. The first-order valence-electron chi connectivity index (χ1n) is 6.07. The van der Waals surface area contributed by atoms with Gasteiger partial charge in [-0.3, -0.25) is 0 Å². The molecule has 98 valence electrons. The number of hydrogen-bond donors (Lipinski definition) is 1. The Bertz CT molecular complexity index is 556. The first kappa shape index (κ1) is 13.1. The summed E-state index contributed by atoms with van der Waals surface area (Å²) in [6.45, 7) is 3.96. The van der Waals surface area contributed by atoms with Crippen LogP contribution in [0.25, 0.3) is 0 Å². The van der Waals surface area contributed by atoms with Gasteiger partial charge in [-0.15, -0.1) is 0 Å². The van der Waals surface area contributed by atoms with E-state index in [0.29, 0.717) is 5.75 Å². The minimum Gasteiger partial charge on any atom is -0.483 e. The summed E-state index contributed by atoms with van der Waals surface area (Å²) in [6.07, 6.45) is 0. The topological polar surface area (TPSA) is 46.5 Å². The lowest BCUT2D eigenvalue weighted by Gasteiger charge is -2.27. The molecule has 0 saturated carbocycles. The highest BCUT2D eigenvalue weighted by Gasteiger charge is 2.22. The Kier molecular flexibility index (Phi) is 3.56. The standard InChI is InChI=1S/C16H16O3/c1-16(2,13-6-4-3-5-7-13)19-14-10-8-12(9-11-14)15(17)18/h3-11H,1-2H3,(H,17,18). The van der Waals surface area contributed by atoms with Gasteiger partial charge in [0.15, 0.2) is 0 Å². The minimum atomic E-state index is -0.936. The number of hydrogen-bond acceptors (Lipinski definition) is 2. The second-order valence-corrected chi connectivity index (χ2v) is 4.81. The fourth-order valence-corrected chi connectivity index (χ4v) is 1.86. The molecule has 0 aliphatic carbocycles. The van der Waals surface area contributed by atoms with Gasteiger partial charge in [0, 0.05) is 0 Å². The third-order valence-electron chi connectivity index (χ3n) is 2.94. The van der Waals surface area contributed by atoms with Crippen LogP contribution in [0.3, 0.4) is 0 Å². The number of rotatable bonds is 4. The van der Waals surface area contributed by atoms with Crippen molar-refractivity contribution < 1.29 is 14.6 Å². The van der Waals surface area contributed by atoms with E-state index in [1.165, 1.54) is 0 Å². The summed E-state index contributed by atoms with van der Waals surface area (Å²) < 4.78 is 5.93. The van der Waals surface area contributed by atoms with Gasteiger partial charge in [0.25, 0.3) is 0 Å². The Morgan fingerprint density at radius 3 is 2.11 bits per heavy atom. The summed E-state index contributed by atoms with van der Waals surface area (Å²) in [4.78, 5) is 10.8. The summed E-state index contributed by atoms with van der Waals surface area (Å²) in [5.41, 5.74) is 0.855. The predicted octanol–water partition coefficient (Wildman–Crippen LogP) is 3.70. The molecule has 0 aromatic heterocycles. The zero-order valence-electron chi connectivity index (χ0n) is 11.0. The summed E-state index contributed by atoms with van der Waals surface area (Å²) in [5.74, 6) is -0.285. The first-order chi connectivity index (χ1) is 8.99. The van der Waals surface area contributed by atoms with Crippen LogP contribution >= 0.6 is 0 Å². The van der Waals surface area contributed by atoms with Gasteiger partial charge in [0.05, 0.1) is 5.56 Å². The van der Waals surface area contributed by atoms with Gasteiger partial charge in [0.2, 0.25) is 0 Å². The molecule has 0 aliphatic rings. The molecule has 0 fully saturated rings. The lowest BCUT2D eigenvalue weighted by molar-refractivity contribution is 0.0696. The molecule has 0 bridgehead atoms. The van der Waals surface area contributed by atoms with E-state index in [-0.39, 0.29) is 5.56 Å². The molecule has 0 spiro atoms. The molecular weight excluding hydrogens is 240 g/mol. The maximum absolute atomic E-state index is 10.8. The maximum atomic E-state index is 10.8. The number of carbonyl (C=O) groups is 1. The minimum absolute atomic E-state index is 0.255. The van der Waals surface area contributed by atoms with Crippen LogP contribution < -0.4 is 4.74 Å². The van der Waals surface area contributed by atoms with E-state index in [0.717, 1.165) is 5.56 Å². The molecule has 0 heterocycles. The molecule has 3 nitrogen and oxygen atoms in total. The molecule has 0 atom stereocenters. The molecule has 3 heteroatoms. The molecule has 0 radical (unpaired) electrons. The summed E-state index contributed by atoms with van der Waals surface area (Å²) in [6, 6.07) is 16.3. The third kappa shape index (κ3) is 3.13. The quantitative estimate of drug-likeness (QED) is 0.907. The Labute approximate surface area is 112 Å². The van der Waals surface area contributed by atoms with Crippen LogP contribution in [0.5, 0.6) is 5.75 Å². The molecule has 2 aromatic rings. The van der Waals surface area contributed by atoms with Crippen molar-refractivity contribution in [2.24, 2.45) is 0 Å². The van der Waals surface area contributed by atoms with E-state index in [4.69, 9.17) is 9.84 Å². The van der Waals surface area contributed by atoms with Gasteiger partial charge in [-0.25, -0.2) is 4.79 Å². The van der Waals surface area contributed by atoms with Crippen molar-refractivity contribution in [2.75, 3.05) is 0 Å². The fraction of sp³-hybridized carbons (Fsp3) is 0.188. The Hall–Kier alpha value is -2.29. The highest BCUT2D eigenvalue weighted by molar-refractivity contribution is 5.87. The summed E-state index contributed by atoms with van der Waals surface area (Å²) >= 11 is 0. The average molecular weight is 256 g/mol. The van der Waals surface area contributed by atoms with Crippen molar-refractivity contribution in [2.45, 2.75) is 19.4 Å². The molecule has 2 rings (SSSR count). The highest BCUT2D eigenvalue weighted by atomic mass is 16.5. The molecule has 0 saturated heterocycles. The zero-order chi connectivity index (χ0) is 13.9. The van der Waals surface area contributed by atoms with Crippen LogP contribution in [0.1, 0.15) is 29.8 Å². The van der Waals surface area contributed by atoms with Crippen LogP contribution in [-0.2, 0) is 5.60 Å². The average Bonchev–Trinajstić information content (AvgIpc) is 2.40. The fourth-order valence-electron chi connectivity index (χ4n) is 1.86. The predicted molar refractivity (Wildman–Crippen MR) is 73.5 cm³/mol. The smallest absolute Gasteiger partial charge is 0.335 e. The lowest BCUT2D eigenvalue weighted by atomic mass is 9.98. The SMILES string of the molecule is CC(C)(Oc1ccc(C(=O)O)cc1)c1ccccc1. The van der Waals surface area contributed by atoms with Crippen LogP contribution in [0.4, 0.5) is 0 Å². The number of aromatic carboxylic acids is 1. The molecular formula is C16H16O3. The lowest BCUT2D eigenvalue weighted by Crippen LogP contribution is -2.25. The van der Waals surface area contributed by atoms with Crippen molar-refractivity contribution in [1.29, 1.82) is 0 Å². The van der Waals surface area contributed by atoms with Crippen LogP contribution in [0, 0.1) is 0 Å². The number of carboxylic acids is 1. The first-order valence-corrected chi connectivity index (χ1v) is 6.07. The molecule has 0 unspecified atom stereocenters. The van der Waals surface area contributed by atoms with E-state index in [1.807, 2.05) is 44.2 Å².